The number of hydrogen-bond acceptors (Lipinski definition) is 7. The summed E-state index contributed by atoms with van der Waals surface area (Å²) in [6, 6.07) is 3.31. The molecule has 0 saturated heterocycles. The van der Waals surface area contributed by atoms with E-state index in [9.17, 15) is 28.0 Å². The zero-order valence-electron chi connectivity index (χ0n) is 10.5. The van der Waals surface area contributed by atoms with Crippen molar-refractivity contribution < 1.29 is 91.3 Å². The predicted octanol–water partition coefficient (Wildman–Crippen LogP) is -7.08. The summed E-state index contributed by atoms with van der Waals surface area (Å²) in [6.07, 6.45) is -0.279. The molecule has 0 spiro atoms. The largest absolute Gasteiger partial charge is 1.00 e. The van der Waals surface area contributed by atoms with E-state index in [-0.39, 0.29) is 83.5 Å². The van der Waals surface area contributed by atoms with Crippen molar-refractivity contribution in [1.82, 2.24) is 0 Å². The van der Waals surface area contributed by atoms with Crippen LogP contribution in [0.2, 0.25) is 0 Å². The topological polar surface area (TPSA) is 127 Å². The number of aromatic hydroxyl groups is 1. The second-order valence-corrected chi connectivity index (χ2v) is 4.18. The van der Waals surface area contributed by atoms with E-state index in [1.807, 2.05) is 0 Å². The van der Waals surface area contributed by atoms with Crippen LogP contribution in [0, 0.1) is 0 Å². The Bertz CT molecular complexity index is 529. The van der Waals surface area contributed by atoms with Crippen LogP contribution in [0.15, 0.2) is 18.2 Å². The van der Waals surface area contributed by atoms with Crippen molar-refractivity contribution in [1.29, 1.82) is 0 Å². The molecule has 1 aromatic carbocycles. The Labute approximate surface area is 154 Å². The van der Waals surface area contributed by atoms with Gasteiger partial charge in [0.25, 0.3) is 10.4 Å². The molecule has 0 heterocycles. The van der Waals surface area contributed by atoms with Crippen molar-refractivity contribution in [2.75, 3.05) is 0 Å². The summed E-state index contributed by atoms with van der Waals surface area (Å²) in [6.45, 7) is 0. The minimum Gasteiger partial charge on any atom is -0.716 e. The van der Waals surface area contributed by atoms with Crippen molar-refractivity contribution in [3.63, 3.8) is 0 Å². The molecule has 0 aromatic heterocycles. The Morgan fingerprint density at radius 2 is 1.84 bits per heavy atom. The van der Waals surface area contributed by atoms with Gasteiger partial charge in [-0.1, -0.05) is 0 Å². The van der Waals surface area contributed by atoms with Crippen LogP contribution < -0.4 is 68.4 Å². The molecule has 0 atom stereocenters. The Morgan fingerprint density at radius 3 is 2.32 bits per heavy atom. The number of hydrogen-bond donors (Lipinski definition) is 1. The van der Waals surface area contributed by atoms with Crippen LogP contribution in [0.4, 0.5) is 0 Å². The van der Waals surface area contributed by atoms with E-state index in [0.29, 0.717) is 5.56 Å². The fourth-order valence-electron chi connectivity index (χ4n) is 1.20. The number of carboxylic acid groups (broad SMARTS) is 1. The molecular weight excluding hydrogens is 298 g/mol. The monoisotopic (exact) mass is 306 g/mol. The van der Waals surface area contributed by atoms with Gasteiger partial charge in [-0.2, -0.15) is 0 Å². The third-order valence-electron chi connectivity index (χ3n) is 1.77. The number of phenolic OH excluding ortho intramolecular Hbond substituents is 1. The maximum atomic E-state index is 10.3. The van der Waals surface area contributed by atoms with Gasteiger partial charge < -0.3 is 23.7 Å². The first-order chi connectivity index (χ1) is 7.76. The molecule has 0 unspecified atom stereocenters. The van der Waals surface area contributed by atoms with Crippen LogP contribution in [0.3, 0.4) is 0 Å². The summed E-state index contributed by atoms with van der Waals surface area (Å²) in [5.41, 5.74) is 0.313. The molecule has 0 saturated carbocycles. The van der Waals surface area contributed by atoms with Crippen molar-refractivity contribution in [3.05, 3.63) is 23.8 Å². The molecule has 0 fully saturated rings. The minimum atomic E-state index is -4.93. The second-order valence-electron chi connectivity index (χ2n) is 3.20. The van der Waals surface area contributed by atoms with Crippen LogP contribution in [0.25, 0.3) is 0 Å². The van der Waals surface area contributed by atoms with Crippen LogP contribution in [0.1, 0.15) is 12.0 Å². The fourth-order valence-corrected chi connectivity index (χ4v) is 1.53. The fraction of sp³-hybridized carbons (Fsp3) is 0.222. The molecule has 1 N–H and O–H groups in total. The van der Waals surface area contributed by atoms with Crippen molar-refractivity contribution in [2.24, 2.45) is 0 Å². The third kappa shape index (κ3) is 9.69. The molecule has 0 amide bonds. The Morgan fingerprint density at radius 1 is 1.26 bits per heavy atom. The van der Waals surface area contributed by atoms with E-state index in [0.717, 1.165) is 12.1 Å². The quantitative estimate of drug-likeness (QED) is 0.325. The number of carboxylic acids is 1. The van der Waals surface area contributed by atoms with Crippen molar-refractivity contribution in [3.8, 4) is 11.5 Å². The molecule has 0 aliphatic heterocycles. The van der Waals surface area contributed by atoms with E-state index in [1.54, 1.807) is 0 Å². The SMILES string of the molecule is O=C([O-])CCc1cc(O)cc(OS(=O)(=O)[O-])c1.[Na+].[Na+]. The average molecular weight is 306 g/mol. The number of phenols is 1. The summed E-state index contributed by atoms with van der Waals surface area (Å²) >= 11 is 0. The van der Waals surface area contributed by atoms with Crippen molar-refractivity contribution >= 4 is 16.4 Å². The van der Waals surface area contributed by atoms with Gasteiger partial charge in [-0.15, -0.1) is 0 Å². The van der Waals surface area contributed by atoms with Crippen LogP contribution in [-0.2, 0) is 21.6 Å². The number of benzene rings is 1. The van der Waals surface area contributed by atoms with Gasteiger partial charge in [0, 0.05) is 12.0 Å². The predicted molar refractivity (Wildman–Crippen MR) is 51.8 cm³/mol. The molecule has 0 radical (unpaired) electrons. The summed E-state index contributed by atoms with van der Waals surface area (Å²) in [4.78, 5) is 10.2. The van der Waals surface area contributed by atoms with Crippen LogP contribution in [-0.4, -0.2) is 24.0 Å². The number of carbonyl (C=O) groups excluding carboxylic acids is 1. The second kappa shape index (κ2) is 9.19. The van der Waals surface area contributed by atoms with E-state index < -0.39 is 16.4 Å². The van der Waals surface area contributed by atoms with Gasteiger partial charge in [0.05, 0.1) is 0 Å². The molecule has 94 valence electrons. The number of rotatable bonds is 5. The molecule has 1 aromatic rings. The van der Waals surface area contributed by atoms with Gasteiger partial charge in [-0.3, -0.25) is 0 Å². The van der Waals surface area contributed by atoms with Gasteiger partial charge in [-0.25, -0.2) is 8.42 Å². The molecule has 0 aliphatic rings. The maximum absolute atomic E-state index is 10.3. The summed E-state index contributed by atoms with van der Waals surface area (Å²) in [5, 5.41) is 19.4. The summed E-state index contributed by atoms with van der Waals surface area (Å²) in [7, 11) is -4.93. The van der Waals surface area contributed by atoms with Gasteiger partial charge in [0.1, 0.15) is 11.5 Å². The molecule has 7 nitrogen and oxygen atoms in total. The van der Waals surface area contributed by atoms with E-state index in [1.165, 1.54) is 6.07 Å². The standard InChI is InChI=1S/C9H10O7S.2Na/c10-7-3-6(1-2-9(11)12)4-8(5-7)16-17(13,14)15;;/h3-5,10H,1-2H2,(H,11,12)(H,13,14,15);;/q;2*+1/p-2. The molecule has 10 heteroatoms. The number of aryl methyl sites for hydroxylation is 1. The molecule has 0 aliphatic carbocycles. The van der Waals surface area contributed by atoms with Gasteiger partial charge in [-0.05, 0) is 30.5 Å². The van der Waals surface area contributed by atoms with Crippen molar-refractivity contribution in [2.45, 2.75) is 12.8 Å². The smallest absolute Gasteiger partial charge is 0.716 e. The normalized spacial score (nSPS) is 9.95. The maximum Gasteiger partial charge on any atom is 1.00 e. The Kier molecular flexibility index (Phi) is 10.4. The first-order valence-electron chi connectivity index (χ1n) is 4.44. The minimum absolute atomic E-state index is 0. The molecule has 19 heavy (non-hydrogen) atoms. The van der Waals surface area contributed by atoms with Crippen LogP contribution in [0.5, 0.6) is 11.5 Å². The summed E-state index contributed by atoms with van der Waals surface area (Å²) < 4.78 is 35.0. The van der Waals surface area contributed by atoms with Crippen LogP contribution >= 0.6 is 0 Å². The molecule has 0 bridgehead atoms. The number of aliphatic carboxylic acids is 1. The third-order valence-corrected chi connectivity index (χ3v) is 2.16. The van der Waals surface area contributed by atoms with Gasteiger partial charge >= 0.3 is 59.1 Å². The Balaban J connectivity index is 0. The van der Waals surface area contributed by atoms with Gasteiger partial charge in [0.15, 0.2) is 0 Å². The van der Waals surface area contributed by atoms with E-state index in [2.05, 4.69) is 4.18 Å². The first-order valence-corrected chi connectivity index (χ1v) is 5.78. The molecular formula is C9H8Na2O7S. The Hall–Kier alpha value is 0.200. The van der Waals surface area contributed by atoms with E-state index in [4.69, 9.17) is 0 Å². The zero-order chi connectivity index (χ0) is 13.1. The van der Waals surface area contributed by atoms with Gasteiger partial charge in [0.2, 0.25) is 0 Å². The molecule has 1 rings (SSSR count). The zero-order valence-corrected chi connectivity index (χ0v) is 15.3. The average Bonchev–Trinajstić information content (AvgIpc) is 2.10. The first kappa shape index (κ1) is 21.5. The van der Waals surface area contributed by atoms with E-state index >= 15 is 0 Å². The number of carbonyl (C=O) groups is 1. The summed E-state index contributed by atoms with van der Waals surface area (Å²) in [5.74, 6) is -1.99.